The highest BCUT2D eigenvalue weighted by molar-refractivity contribution is 7.92. The van der Waals surface area contributed by atoms with E-state index >= 15 is 0 Å². The largest absolute Gasteiger partial charge is 0.417 e. The van der Waals surface area contributed by atoms with Crippen LogP contribution in [0.1, 0.15) is 48.8 Å². The van der Waals surface area contributed by atoms with Crippen LogP contribution in [-0.2, 0) is 38.8 Å². The first-order valence-corrected chi connectivity index (χ1v) is 17.5. The molecule has 1 aliphatic rings. The molecule has 0 aromatic heterocycles. The normalized spacial score (nSPS) is 14.8. The smallest absolute Gasteiger partial charge is 0.352 e. The Morgan fingerprint density at radius 3 is 2.15 bits per heavy atom. The van der Waals surface area contributed by atoms with Crippen molar-refractivity contribution in [2.45, 2.75) is 63.3 Å². The number of nitrogens with zero attached hydrogens (tertiary/aromatic N) is 2. The topological polar surface area (TPSA) is 86.8 Å². The highest BCUT2D eigenvalue weighted by Gasteiger charge is 2.37. The molecule has 0 heterocycles. The maximum absolute atomic E-state index is 14.2. The number of carbonyl (C=O) groups excluding carboxylic acids is 2. The summed E-state index contributed by atoms with van der Waals surface area (Å²) in [4.78, 5) is 29.5. The molecule has 1 atom stereocenters. The van der Waals surface area contributed by atoms with E-state index in [2.05, 4.69) is 5.32 Å². The number of sulfonamides is 1. The summed E-state index contributed by atoms with van der Waals surface area (Å²) in [5, 5.41) is 2.92. The molecule has 0 unspecified atom stereocenters. The molecule has 3 aromatic rings. The molecule has 0 saturated heterocycles. The van der Waals surface area contributed by atoms with Gasteiger partial charge < -0.3 is 10.2 Å². The van der Waals surface area contributed by atoms with Crippen molar-refractivity contribution in [2.24, 2.45) is 0 Å². The Labute approximate surface area is 281 Å². The van der Waals surface area contributed by atoms with Crippen LogP contribution in [0.25, 0.3) is 0 Å². The minimum absolute atomic E-state index is 0.0878. The lowest BCUT2D eigenvalue weighted by atomic mass is 9.94. The van der Waals surface area contributed by atoms with Gasteiger partial charge in [-0.05, 0) is 54.3 Å². The van der Waals surface area contributed by atoms with Gasteiger partial charge in [0, 0.05) is 19.0 Å². The molecule has 248 valence electrons. The molecule has 1 aliphatic carbocycles. The van der Waals surface area contributed by atoms with Crippen LogP contribution in [0, 0.1) is 0 Å². The molecule has 1 saturated carbocycles. The predicted octanol–water partition coefficient (Wildman–Crippen LogP) is 7.52. The predicted molar refractivity (Wildman–Crippen MR) is 175 cm³/mol. The van der Waals surface area contributed by atoms with Gasteiger partial charge in [-0.3, -0.25) is 13.9 Å². The quantitative estimate of drug-likeness (QED) is 0.222. The van der Waals surface area contributed by atoms with Gasteiger partial charge >= 0.3 is 6.18 Å². The highest BCUT2D eigenvalue weighted by atomic mass is 35.5. The van der Waals surface area contributed by atoms with E-state index in [1.54, 1.807) is 30.3 Å². The van der Waals surface area contributed by atoms with Crippen LogP contribution < -0.4 is 9.62 Å². The second kappa shape index (κ2) is 15.3. The van der Waals surface area contributed by atoms with Crippen LogP contribution in [-0.4, -0.2) is 50.0 Å². The van der Waals surface area contributed by atoms with E-state index in [1.165, 1.54) is 17.0 Å². The Balaban J connectivity index is 1.77. The third-order valence-electron chi connectivity index (χ3n) is 7.78. The van der Waals surface area contributed by atoms with Crippen LogP contribution in [0.5, 0.6) is 0 Å². The minimum Gasteiger partial charge on any atom is -0.352 e. The van der Waals surface area contributed by atoms with Crippen molar-refractivity contribution < 1.29 is 31.2 Å². The molecule has 1 fully saturated rings. The van der Waals surface area contributed by atoms with E-state index in [4.69, 9.17) is 34.8 Å². The molecule has 2 amide bonds. The van der Waals surface area contributed by atoms with Crippen molar-refractivity contribution in [1.82, 2.24) is 10.2 Å². The zero-order chi connectivity index (χ0) is 33.6. The molecule has 0 spiro atoms. The molecule has 0 radical (unpaired) electrons. The molecule has 4 rings (SSSR count). The maximum Gasteiger partial charge on any atom is 0.417 e. The minimum atomic E-state index is -4.88. The van der Waals surface area contributed by atoms with Crippen molar-refractivity contribution in [3.63, 3.8) is 0 Å². The number of rotatable bonds is 11. The van der Waals surface area contributed by atoms with E-state index in [0.717, 1.165) is 56.1 Å². The summed E-state index contributed by atoms with van der Waals surface area (Å²) in [5.41, 5.74) is -0.420. The fourth-order valence-corrected chi connectivity index (χ4v) is 6.82. The zero-order valence-electron chi connectivity index (χ0n) is 24.9. The summed E-state index contributed by atoms with van der Waals surface area (Å²) < 4.78 is 67.6. The van der Waals surface area contributed by atoms with Gasteiger partial charge in [-0.2, -0.15) is 13.2 Å². The Hall–Kier alpha value is -2.99. The van der Waals surface area contributed by atoms with Crippen molar-refractivity contribution in [3.8, 4) is 0 Å². The van der Waals surface area contributed by atoms with Gasteiger partial charge in [0.05, 0.1) is 32.6 Å². The number of alkyl halides is 3. The number of carbonyl (C=O) groups is 2. The number of anilines is 1. The second-order valence-electron chi connectivity index (χ2n) is 11.3. The van der Waals surface area contributed by atoms with Crippen molar-refractivity contribution in [3.05, 3.63) is 98.5 Å². The Morgan fingerprint density at radius 2 is 1.54 bits per heavy atom. The first-order valence-electron chi connectivity index (χ1n) is 14.6. The third-order valence-corrected chi connectivity index (χ3v) is 9.99. The second-order valence-corrected chi connectivity index (χ2v) is 14.4. The molecule has 3 aromatic carbocycles. The maximum atomic E-state index is 14.2. The van der Waals surface area contributed by atoms with Gasteiger partial charge in [0.2, 0.25) is 21.8 Å². The number of benzene rings is 3. The van der Waals surface area contributed by atoms with E-state index in [9.17, 15) is 31.2 Å². The molecule has 14 heteroatoms. The van der Waals surface area contributed by atoms with E-state index in [0.29, 0.717) is 15.9 Å². The Kier molecular flexibility index (Phi) is 11.9. The number of hydrogen-bond donors (Lipinski definition) is 1. The molecule has 1 N–H and O–H groups in total. The van der Waals surface area contributed by atoms with E-state index in [-0.39, 0.29) is 29.1 Å². The molecule has 0 bridgehead atoms. The highest BCUT2D eigenvalue weighted by Crippen LogP contribution is 2.37. The van der Waals surface area contributed by atoms with Gasteiger partial charge in [-0.15, -0.1) is 0 Å². The van der Waals surface area contributed by atoms with Gasteiger partial charge in [-0.1, -0.05) is 90.5 Å². The average molecular weight is 719 g/mol. The Bertz CT molecular complexity index is 1650. The third kappa shape index (κ3) is 9.53. The van der Waals surface area contributed by atoms with Crippen LogP contribution in [0.3, 0.4) is 0 Å². The lowest BCUT2D eigenvalue weighted by molar-refractivity contribution is -0.140. The summed E-state index contributed by atoms with van der Waals surface area (Å²) in [5.74, 6) is -1.25. The fraction of sp³-hybridized carbons (Fsp3) is 0.375. The molecule has 7 nitrogen and oxygen atoms in total. The average Bonchev–Trinajstić information content (AvgIpc) is 2.99. The molecule has 46 heavy (non-hydrogen) atoms. The standard InChI is InChI=1S/C32H33Cl3F3N3O4S/c1-46(44,45)41(24-13-15-26(33)25(18-24)32(36,37)38)20-30(42)40(19-22-12-14-27(34)28(35)16-22)29(17-21-8-4-2-5-9-21)31(43)39-23-10-6-3-7-11-23/h2,4-5,8-9,12-16,18,23,29H,3,6-7,10-11,17,19-20H2,1H3,(H,39,43)/t29-/m1/s1. The molecule has 0 aliphatic heterocycles. The number of amides is 2. The Morgan fingerprint density at radius 1 is 0.891 bits per heavy atom. The number of halogens is 6. The molecular weight excluding hydrogens is 686 g/mol. The summed E-state index contributed by atoms with van der Waals surface area (Å²) in [6.07, 6.45) is 0.513. The summed E-state index contributed by atoms with van der Waals surface area (Å²) in [6.45, 7) is -1.06. The van der Waals surface area contributed by atoms with Gasteiger partial charge in [0.15, 0.2) is 0 Å². The zero-order valence-corrected chi connectivity index (χ0v) is 28.0. The fourth-order valence-electron chi connectivity index (χ4n) is 5.43. The lowest BCUT2D eigenvalue weighted by Crippen LogP contribution is -2.55. The molecular formula is C32H33Cl3F3N3O4S. The lowest BCUT2D eigenvalue weighted by Gasteiger charge is -2.35. The van der Waals surface area contributed by atoms with Gasteiger partial charge in [0.1, 0.15) is 12.6 Å². The first kappa shape index (κ1) is 35.9. The first-order chi connectivity index (χ1) is 21.6. The number of hydrogen-bond acceptors (Lipinski definition) is 4. The van der Waals surface area contributed by atoms with Crippen molar-refractivity contribution in [1.29, 1.82) is 0 Å². The van der Waals surface area contributed by atoms with Gasteiger partial charge in [0.25, 0.3) is 0 Å². The summed E-state index contributed by atoms with van der Waals surface area (Å²) in [6, 6.07) is 15.1. The summed E-state index contributed by atoms with van der Waals surface area (Å²) >= 11 is 18.1. The van der Waals surface area contributed by atoms with Crippen molar-refractivity contribution >= 4 is 62.3 Å². The van der Waals surface area contributed by atoms with E-state index < -0.39 is 56.9 Å². The number of nitrogens with one attached hydrogen (secondary N) is 1. The van der Waals surface area contributed by atoms with Crippen molar-refractivity contribution in [2.75, 3.05) is 17.1 Å². The van der Waals surface area contributed by atoms with Crippen LogP contribution in [0.4, 0.5) is 18.9 Å². The van der Waals surface area contributed by atoms with Crippen LogP contribution in [0.2, 0.25) is 15.1 Å². The monoisotopic (exact) mass is 717 g/mol. The van der Waals surface area contributed by atoms with Crippen LogP contribution >= 0.6 is 34.8 Å². The summed E-state index contributed by atoms with van der Waals surface area (Å²) in [7, 11) is -4.30. The van der Waals surface area contributed by atoms with Crippen LogP contribution in [0.15, 0.2) is 66.7 Å². The SMILES string of the molecule is CS(=O)(=O)N(CC(=O)N(Cc1ccc(Cl)c(Cl)c1)[C@H](Cc1ccccc1)C(=O)NC1CCCCC1)c1ccc(Cl)c(C(F)(F)F)c1. The van der Waals surface area contributed by atoms with Gasteiger partial charge in [-0.25, -0.2) is 8.42 Å². The van der Waals surface area contributed by atoms with E-state index in [1.807, 2.05) is 6.07 Å².